The zero-order valence-electron chi connectivity index (χ0n) is 18.2. The Balaban J connectivity index is 1.79. The summed E-state index contributed by atoms with van der Waals surface area (Å²) in [4.78, 5) is 27.6. The summed E-state index contributed by atoms with van der Waals surface area (Å²) in [6, 6.07) is 14.3. The molecule has 4 nitrogen and oxygen atoms in total. The van der Waals surface area contributed by atoms with Gasteiger partial charge in [0.1, 0.15) is 0 Å². The van der Waals surface area contributed by atoms with Crippen molar-refractivity contribution in [3.8, 4) is 0 Å². The van der Waals surface area contributed by atoms with Gasteiger partial charge < -0.3 is 10.2 Å². The molecule has 0 bridgehead atoms. The summed E-state index contributed by atoms with van der Waals surface area (Å²) in [5.41, 5.74) is 5.62. The molecule has 1 N–H and O–H groups in total. The van der Waals surface area contributed by atoms with Gasteiger partial charge in [0.2, 0.25) is 11.8 Å². The van der Waals surface area contributed by atoms with Crippen LogP contribution >= 0.6 is 0 Å². The molecular weight excluding hydrogens is 360 g/mol. The second-order valence-corrected chi connectivity index (χ2v) is 8.64. The van der Waals surface area contributed by atoms with Crippen LogP contribution in [0.15, 0.2) is 42.5 Å². The van der Waals surface area contributed by atoms with Crippen LogP contribution in [0.2, 0.25) is 0 Å². The number of amides is 2. The summed E-state index contributed by atoms with van der Waals surface area (Å²) >= 11 is 0. The second-order valence-electron chi connectivity index (χ2n) is 8.64. The number of rotatable bonds is 6. The lowest BCUT2D eigenvalue weighted by Crippen LogP contribution is -2.33. The van der Waals surface area contributed by atoms with Crippen molar-refractivity contribution in [1.29, 1.82) is 0 Å². The molecule has 0 saturated carbocycles. The molecule has 1 atom stereocenters. The van der Waals surface area contributed by atoms with Gasteiger partial charge in [0.05, 0.1) is 11.6 Å². The average Bonchev–Trinajstić information content (AvgIpc) is 3.07. The van der Waals surface area contributed by atoms with E-state index in [4.69, 9.17) is 0 Å². The number of benzene rings is 2. The first-order chi connectivity index (χ1) is 13.8. The summed E-state index contributed by atoms with van der Waals surface area (Å²) < 4.78 is 0. The molecule has 1 fully saturated rings. The molecule has 29 heavy (non-hydrogen) atoms. The van der Waals surface area contributed by atoms with E-state index in [1.165, 1.54) is 11.1 Å². The number of nitrogens with zero attached hydrogens (tertiary/aromatic N) is 1. The molecule has 154 valence electrons. The predicted octanol–water partition coefficient (Wildman–Crippen LogP) is 4.91. The van der Waals surface area contributed by atoms with Crippen LogP contribution in [0.5, 0.6) is 0 Å². The molecule has 0 radical (unpaired) electrons. The Bertz CT molecular complexity index is 875. The van der Waals surface area contributed by atoms with E-state index >= 15 is 0 Å². The highest BCUT2D eigenvalue weighted by molar-refractivity contribution is 6.01. The molecule has 1 unspecified atom stereocenters. The molecule has 1 aliphatic heterocycles. The van der Waals surface area contributed by atoms with Gasteiger partial charge in [0.15, 0.2) is 0 Å². The van der Waals surface area contributed by atoms with Crippen molar-refractivity contribution in [2.75, 3.05) is 11.4 Å². The normalized spacial score (nSPS) is 16.7. The maximum Gasteiger partial charge on any atom is 0.227 e. The molecule has 2 aromatic rings. The Morgan fingerprint density at radius 1 is 1.03 bits per heavy atom. The quantitative estimate of drug-likeness (QED) is 0.759. The van der Waals surface area contributed by atoms with E-state index in [1.807, 2.05) is 36.1 Å². The number of aryl methyl sites for hydroxylation is 1. The zero-order chi connectivity index (χ0) is 21.1. The minimum atomic E-state index is -0.313. The summed E-state index contributed by atoms with van der Waals surface area (Å²) in [5.74, 6) is 0.302. The highest BCUT2D eigenvalue weighted by atomic mass is 16.2. The minimum Gasteiger partial charge on any atom is -0.352 e. The van der Waals surface area contributed by atoms with Gasteiger partial charge in [-0.2, -0.15) is 0 Å². The van der Waals surface area contributed by atoms with E-state index in [1.54, 1.807) is 0 Å². The minimum absolute atomic E-state index is 0.0380. The standard InChI is InChI=1S/C25H32N2O2/c1-16(2)21-11-8-12-22(17(3)4)24(21)27-15-20(13-23(27)28)25(29)26-14-19-10-7-6-9-18(19)5/h6-12,16-17,20H,13-15H2,1-5H3,(H,26,29). The second kappa shape index (κ2) is 8.81. The number of para-hydroxylation sites is 1. The summed E-state index contributed by atoms with van der Waals surface area (Å²) in [5, 5.41) is 3.03. The fourth-order valence-electron chi connectivity index (χ4n) is 4.06. The van der Waals surface area contributed by atoms with Crippen molar-refractivity contribution < 1.29 is 9.59 Å². The van der Waals surface area contributed by atoms with Crippen LogP contribution in [0.3, 0.4) is 0 Å². The van der Waals surface area contributed by atoms with Crippen molar-refractivity contribution in [2.45, 2.75) is 59.4 Å². The average molecular weight is 393 g/mol. The molecular formula is C25H32N2O2. The molecule has 1 heterocycles. The molecule has 2 aromatic carbocycles. The van der Waals surface area contributed by atoms with Gasteiger partial charge in [-0.25, -0.2) is 0 Å². The number of anilines is 1. The molecule has 1 saturated heterocycles. The first-order valence-electron chi connectivity index (χ1n) is 10.5. The molecule has 3 rings (SSSR count). The third-order valence-corrected chi connectivity index (χ3v) is 5.82. The van der Waals surface area contributed by atoms with Gasteiger partial charge in [-0.1, -0.05) is 70.2 Å². The van der Waals surface area contributed by atoms with Gasteiger partial charge in [0.25, 0.3) is 0 Å². The summed E-state index contributed by atoms with van der Waals surface area (Å²) in [6.45, 7) is 11.6. The fraction of sp³-hybridized carbons (Fsp3) is 0.440. The molecule has 0 spiro atoms. The SMILES string of the molecule is Cc1ccccc1CNC(=O)C1CC(=O)N(c2c(C(C)C)cccc2C(C)C)C1. The number of hydrogen-bond donors (Lipinski definition) is 1. The smallest absolute Gasteiger partial charge is 0.227 e. The Morgan fingerprint density at radius 2 is 1.66 bits per heavy atom. The highest BCUT2D eigenvalue weighted by Gasteiger charge is 2.37. The topological polar surface area (TPSA) is 49.4 Å². The Hall–Kier alpha value is -2.62. The monoisotopic (exact) mass is 392 g/mol. The van der Waals surface area contributed by atoms with Crippen molar-refractivity contribution >= 4 is 17.5 Å². The Kier molecular flexibility index (Phi) is 6.41. The largest absolute Gasteiger partial charge is 0.352 e. The highest BCUT2D eigenvalue weighted by Crippen LogP contribution is 2.38. The Labute approximate surface area is 174 Å². The fourth-order valence-corrected chi connectivity index (χ4v) is 4.06. The lowest BCUT2D eigenvalue weighted by Gasteiger charge is -2.27. The van der Waals surface area contributed by atoms with Crippen LogP contribution in [0.25, 0.3) is 0 Å². The van der Waals surface area contributed by atoms with Crippen molar-refractivity contribution in [1.82, 2.24) is 5.32 Å². The van der Waals surface area contributed by atoms with Crippen LogP contribution in [0.1, 0.15) is 68.2 Å². The Morgan fingerprint density at radius 3 is 2.24 bits per heavy atom. The predicted molar refractivity (Wildman–Crippen MR) is 118 cm³/mol. The molecule has 4 heteroatoms. The molecule has 0 aliphatic carbocycles. The van der Waals surface area contributed by atoms with Gasteiger partial charge in [-0.3, -0.25) is 9.59 Å². The lowest BCUT2D eigenvalue weighted by molar-refractivity contribution is -0.126. The van der Waals surface area contributed by atoms with Crippen molar-refractivity contribution in [3.63, 3.8) is 0 Å². The maximum absolute atomic E-state index is 12.9. The maximum atomic E-state index is 12.9. The first kappa shape index (κ1) is 21.1. The van der Waals surface area contributed by atoms with Crippen LogP contribution in [0.4, 0.5) is 5.69 Å². The molecule has 0 aromatic heterocycles. The molecule has 2 amide bonds. The van der Waals surface area contributed by atoms with E-state index in [-0.39, 0.29) is 24.2 Å². The number of nitrogens with one attached hydrogen (secondary N) is 1. The van der Waals surface area contributed by atoms with Crippen molar-refractivity contribution in [3.05, 3.63) is 64.7 Å². The van der Waals surface area contributed by atoms with Crippen LogP contribution < -0.4 is 10.2 Å². The molecule has 1 aliphatic rings. The van der Waals surface area contributed by atoms with E-state index in [9.17, 15) is 9.59 Å². The van der Waals surface area contributed by atoms with Crippen molar-refractivity contribution in [2.24, 2.45) is 5.92 Å². The summed E-state index contributed by atoms with van der Waals surface area (Å²) in [6.07, 6.45) is 0.267. The number of carbonyl (C=O) groups is 2. The lowest BCUT2D eigenvalue weighted by atomic mass is 9.92. The third-order valence-electron chi connectivity index (χ3n) is 5.82. The van der Waals surface area contributed by atoms with Crippen LogP contribution in [-0.2, 0) is 16.1 Å². The zero-order valence-corrected chi connectivity index (χ0v) is 18.2. The summed E-state index contributed by atoms with van der Waals surface area (Å²) in [7, 11) is 0. The van der Waals surface area contributed by atoms with Crippen LogP contribution in [0, 0.1) is 12.8 Å². The van der Waals surface area contributed by atoms with Gasteiger partial charge in [-0.15, -0.1) is 0 Å². The van der Waals surface area contributed by atoms with E-state index < -0.39 is 0 Å². The van der Waals surface area contributed by atoms with E-state index in [0.717, 1.165) is 16.8 Å². The van der Waals surface area contributed by atoms with Gasteiger partial charge >= 0.3 is 0 Å². The van der Waals surface area contributed by atoms with E-state index in [2.05, 4.69) is 51.2 Å². The van der Waals surface area contributed by atoms with E-state index in [0.29, 0.717) is 24.9 Å². The number of hydrogen-bond acceptors (Lipinski definition) is 2. The van der Waals surface area contributed by atoms with Gasteiger partial charge in [-0.05, 0) is 41.0 Å². The van der Waals surface area contributed by atoms with Gasteiger partial charge in [0, 0.05) is 19.5 Å². The van der Waals surface area contributed by atoms with Crippen LogP contribution in [-0.4, -0.2) is 18.4 Å². The first-order valence-corrected chi connectivity index (χ1v) is 10.5. The third kappa shape index (κ3) is 4.52. The number of carbonyl (C=O) groups excluding carboxylic acids is 2.